The Morgan fingerprint density at radius 1 is 0.830 bits per heavy atom. The molecule has 1 atom stereocenters. The van der Waals surface area contributed by atoms with Crippen LogP contribution in [-0.2, 0) is 14.4 Å². The molecule has 0 bridgehead atoms. The van der Waals surface area contributed by atoms with Crippen molar-refractivity contribution in [2.75, 3.05) is 10.2 Å². The van der Waals surface area contributed by atoms with Crippen molar-refractivity contribution in [2.45, 2.75) is 16.6 Å². The summed E-state index contributed by atoms with van der Waals surface area (Å²) in [6.45, 7) is 0. The van der Waals surface area contributed by atoms with E-state index in [9.17, 15) is 29.3 Å². The number of imide groups is 1. The predicted molar refractivity (Wildman–Crippen MR) is 181 cm³/mol. The van der Waals surface area contributed by atoms with Gasteiger partial charge in [0, 0.05) is 34.7 Å². The number of nitro benzene ring substituents is 1. The smallest absolute Gasteiger partial charge is 0.272 e. The molecule has 11 heteroatoms. The van der Waals surface area contributed by atoms with Crippen molar-refractivity contribution >= 4 is 69.3 Å². The summed E-state index contributed by atoms with van der Waals surface area (Å²) in [4.78, 5) is 64.6. The fourth-order valence-electron chi connectivity index (χ4n) is 5.14. The number of anilines is 2. The number of nitrogens with zero attached hydrogens (tertiary/aromatic N) is 2. The van der Waals surface area contributed by atoms with Crippen LogP contribution in [0.3, 0.4) is 0 Å². The molecule has 1 aliphatic heterocycles. The van der Waals surface area contributed by atoms with Gasteiger partial charge in [0.25, 0.3) is 17.5 Å². The third kappa shape index (κ3) is 6.95. The van der Waals surface area contributed by atoms with Crippen molar-refractivity contribution in [1.82, 2.24) is 5.32 Å². The Kier molecular flexibility index (Phi) is 8.89. The van der Waals surface area contributed by atoms with Crippen LogP contribution in [0.4, 0.5) is 17.1 Å². The maximum atomic E-state index is 13.6. The lowest BCUT2D eigenvalue weighted by Crippen LogP contribution is -2.31. The van der Waals surface area contributed by atoms with Crippen LogP contribution in [0.1, 0.15) is 22.3 Å². The number of hydrogen-bond acceptors (Lipinski definition) is 7. The molecule has 1 unspecified atom stereocenters. The molecule has 4 amide bonds. The molecule has 0 aliphatic carbocycles. The summed E-state index contributed by atoms with van der Waals surface area (Å²) < 4.78 is 0. The van der Waals surface area contributed by atoms with Gasteiger partial charge in [-0.2, -0.15) is 0 Å². The molecule has 1 saturated heterocycles. The average Bonchev–Trinajstić information content (AvgIpc) is 3.37. The van der Waals surface area contributed by atoms with Gasteiger partial charge >= 0.3 is 0 Å². The van der Waals surface area contributed by atoms with Crippen LogP contribution in [0.15, 0.2) is 132 Å². The minimum absolute atomic E-state index is 0.0254. The van der Waals surface area contributed by atoms with Gasteiger partial charge in [-0.05, 0) is 70.9 Å². The van der Waals surface area contributed by atoms with E-state index in [1.165, 1.54) is 36.0 Å². The van der Waals surface area contributed by atoms with E-state index in [0.717, 1.165) is 21.2 Å². The molecular weight excluding hydrogens is 616 g/mol. The fourth-order valence-corrected chi connectivity index (χ4v) is 6.20. The molecule has 0 saturated carbocycles. The molecule has 0 radical (unpaired) electrons. The topological polar surface area (TPSA) is 139 Å². The van der Waals surface area contributed by atoms with Crippen LogP contribution in [0, 0.1) is 10.1 Å². The molecule has 10 nitrogen and oxygen atoms in total. The van der Waals surface area contributed by atoms with Gasteiger partial charge < -0.3 is 10.6 Å². The Morgan fingerprint density at radius 2 is 1.51 bits per heavy atom. The minimum Gasteiger partial charge on any atom is -0.321 e. The van der Waals surface area contributed by atoms with E-state index in [1.54, 1.807) is 60.7 Å². The SMILES string of the molecule is O=C(Nc1ccc(SC2CC(=O)N(c3ccc([N+](=O)[O-])cc3)C2=O)cc1)/C(=C/c1cccc2ccccc12)NC(=O)c1ccccc1. The molecule has 6 rings (SSSR count). The van der Waals surface area contributed by atoms with Crippen LogP contribution in [0.2, 0.25) is 0 Å². The number of hydrogen-bond donors (Lipinski definition) is 2. The first kappa shape index (κ1) is 30.9. The van der Waals surface area contributed by atoms with Gasteiger partial charge in [-0.25, -0.2) is 4.90 Å². The lowest BCUT2D eigenvalue weighted by Gasteiger charge is -2.15. The van der Waals surface area contributed by atoms with E-state index in [1.807, 2.05) is 42.5 Å². The Hall–Kier alpha value is -6.07. The van der Waals surface area contributed by atoms with Crippen molar-refractivity contribution in [2.24, 2.45) is 0 Å². The second kappa shape index (κ2) is 13.5. The Balaban J connectivity index is 1.17. The van der Waals surface area contributed by atoms with Crippen molar-refractivity contribution in [3.05, 3.63) is 148 Å². The third-order valence-electron chi connectivity index (χ3n) is 7.47. The second-order valence-electron chi connectivity index (χ2n) is 10.6. The number of thioether (sulfide) groups is 1. The molecule has 1 aliphatic rings. The molecule has 47 heavy (non-hydrogen) atoms. The van der Waals surface area contributed by atoms with Crippen LogP contribution in [0.5, 0.6) is 0 Å². The number of carbonyl (C=O) groups excluding carboxylic acids is 4. The fraction of sp³-hybridized carbons (Fsp3) is 0.0556. The lowest BCUT2D eigenvalue weighted by atomic mass is 10.0. The number of carbonyl (C=O) groups is 4. The molecule has 1 heterocycles. The number of fused-ring (bicyclic) bond motifs is 1. The highest BCUT2D eigenvalue weighted by molar-refractivity contribution is 8.00. The van der Waals surface area contributed by atoms with Gasteiger partial charge in [0.1, 0.15) is 5.70 Å². The van der Waals surface area contributed by atoms with Crippen molar-refractivity contribution in [3.8, 4) is 0 Å². The molecule has 2 N–H and O–H groups in total. The summed E-state index contributed by atoms with van der Waals surface area (Å²) in [5, 5.41) is 17.8. The summed E-state index contributed by atoms with van der Waals surface area (Å²) >= 11 is 1.21. The molecule has 1 fully saturated rings. The zero-order valence-corrected chi connectivity index (χ0v) is 25.5. The van der Waals surface area contributed by atoms with Crippen LogP contribution in [0.25, 0.3) is 16.8 Å². The Morgan fingerprint density at radius 3 is 2.23 bits per heavy atom. The number of nitro groups is 1. The number of non-ortho nitro benzene ring substituents is 1. The predicted octanol–water partition coefficient (Wildman–Crippen LogP) is 6.58. The van der Waals surface area contributed by atoms with Crippen molar-refractivity contribution in [1.29, 1.82) is 0 Å². The van der Waals surface area contributed by atoms with Crippen LogP contribution < -0.4 is 15.5 Å². The van der Waals surface area contributed by atoms with E-state index in [4.69, 9.17) is 0 Å². The summed E-state index contributed by atoms with van der Waals surface area (Å²) in [5.74, 6) is -1.77. The summed E-state index contributed by atoms with van der Waals surface area (Å²) in [7, 11) is 0. The Labute approximate surface area is 273 Å². The maximum Gasteiger partial charge on any atom is 0.272 e. The zero-order chi connectivity index (χ0) is 32.9. The van der Waals surface area contributed by atoms with Gasteiger partial charge in [0.05, 0.1) is 15.9 Å². The van der Waals surface area contributed by atoms with Gasteiger partial charge in [0.15, 0.2) is 0 Å². The normalized spacial score (nSPS) is 14.7. The Bertz CT molecular complexity index is 2040. The monoisotopic (exact) mass is 642 g/mol. The van der Waals surface area contributed by atoms with Crippen LogP contribution in [-0.4, -0.2) is 33.8 Å². The lowest BCUT2D eigenvalue weighted by molar-refractivity contribution is -0.384. The summed E-state index contributed by atoms with van der Waals surface area (Å²) in [5.41, 5.74) is 1.80. The van der Waals surface area contributed by atoms with Gasteiger partial charge in [0.2, 0.25) is 11.8 Å². The standard InChI is InChI=1S/C36H26N4O6S/c41-33-22-32(36(44)39(33)27-15-17-28(18-16-27)40(45)46)47-29-19-13-26(14-20-29)37-35(43)31(38-34(42)24-8-2-1-3-9-24)21-25-11-6-10-23-7-4-5-12-30(23)25/h1-21,32H,22H2,(H,37,43)(H,38,42)/b31-21-. The maximum absolute atomic E-state index is 13.6. The van der Waals surface area contributed by atoms with E-state index >= 15 is 0 Å². The van der Waals surface area contributed by atoms with E-state index in [0.29, 0.717) is 16.1 Å². The molecule has 232 valence electrons. The van der Waals surface area contributed by atoms with E-state index in [-0.39, 0.29) is 23.5 Å². The van der Waals surface area contributed by atoms with E-state index < -0.39 is 33.8 Å². The second-order valence-corrected chi connectivity index (χ2v) is 11.9. The zero-order valence-electron chi connectivity index (χ0n) is 24.7. The highest BCUT2D eigenvalue weighted by Crippen LogP contribution is 2.35. The first-order valence-electron chi connectivity index (χ1n) is 14.5. The molecule has 0 spiro atoms. The molecular formula is C36H26N4O6S. The molecule has 5 aromatic carbocycles. The number of amides is 4. The largest absolute Gasteiger partial charge is 0.321 e. The van der Waals surface area contributed by atoms with Crippen LogP contribution >= 0.6 is 11.8 Å². The number of rotatable bonds is 9. The third-order valence-corrected chi connectivity index (χ3v) is 8.66. The quantitative estimate of drug-likeness (QED) is 0.0801. The van der Waals surface area contributed by atoms with Gasteiger partial charge in [-0.3, -0.25) is 29.3 Å². The van der Waals surface area contributed by atoms with E-state index in [2.05, 4.69) is 10.6 Å². The molecule has 5 aromatic rings. The van der Waals surface area contributed by atoms with Gasteiger partial charge in [-0.1, -0.05) is 60.7 Å². The average molecular weight is 643 g/mol. The number of nitrogens with one attached hydrogen (secondary N) is 2. The van der Waals surface area contributed by atoms with Crippen molar-refractivity contribution in [3.63, 3.8) is 0 Å². The highest BCUT2D eigenvalue weighted by atomic mass is 32.2. The first-order chi connectivity index (χ1) is 22.8. The summed E-state index contributed by atoms with van der Waals surface area (Å²) in [6.07, 6.45) is 1.62. The first-order valence-corrected chi connectivity index (χ1v) is 15.4. The summed E-state index contributed by atoms with van der Waals surface area (Å²) in [6, 6.07) is 34.1. The molecule has 0 aromatic heterocycles. The van der Waals surface area contributed by atoms with Crippen molar-refractivity contribution < 1.29 is 24.1 Å². The number of benzene rings is 5. The highest BCUT2D eigenvalue weighted by Gasteiger charge is 2.40. The minimum atomic E-state index is -0.679. The van der Waals surface area contributed by atoms with Gasteiger partial charge in [-0.15, -0.1) is 11.8 Å².